The maximum absolute atomic E-state index is 2.88. The lowest BCUT2D eigenvalue weighted by Gasteiger charge is -2.26. The van der Waals surface area contributed by atoms with Crippen LogP contribution in [0.25, 0.3) is 0 Å². The first-order valence-electron chi connectivity index (χ1n) is 22.4. The number of nitrogens with zero attached hydrogens (tertiary/aromatic N) is 2. The molecule has 0 aromatic carbocycles. The lowest BCUT2D eigenvalue weighted by atomic mass is 9.89. The normalized spacial score (nSPS) is 12.3. The van der Waals surface area contributed by atoms with Crippen molar-refractivity contribution < 1.29 is 0 Å². The summed E-state index contributed by atoms with van der Waals surface area (Å²) in [5, 5.41) is 0. The molecule has 0 fully saturated rings. The predicted molar refractivity (Wildman–Crippen MR) is 217 cm³/mol. The fourth-order valence-electron chi connectivity index (χ4n) is 7.29. The largest absolute Gasteiger partial charge is 0.303 e. The van der Waals surface area contributed by atoms with Crippen LogP contribution in [-0.2, 0) is 0 Å². The monoisotopic (exact) mass is 663 g/mol. The van der Waals surface area contributed by atoms with E-state index in [1.54, 1.807) is 0 Å². The van der Waals surface area contributed by atoms with Crippen LogP contribution in [0.4, 0.5) is 0 Å². The van der Waals surface area contributed by atoms with Crippen molar-refractivity contribution in [1.82, 2.24) is 9.80 Å². The maximum atomic E-state index is 2.88. The first kappa shape index (κ1) is 46.9. The van der Waals surface area contributed by atoms with Crippen molar-refractivity contribution in [3.8, 4) is 0 Å². The molecule has 0 spiro atoms. The van der Waals surface area contributed by atoms with E-state index < -0.39 is 0 Å². The van der Waals surface area contributed by atoms with Gasteiger partial charge >= 0.3 is 0 Å². The van der Waals surface area contributed by atoms with Gasteiger partial charge in [-0.2, -0.15) is 0 Å². The topological polar surface area (TPSA) is 6.48 Å². The first-order valence-corrected chi connectivity index (χ1v) is 22.4. The molecule has 0 aromatic rings. The van der Waals surface area contributed by atoms with Crippen molar-refractivity contribution >= 4 is 0 Å². The third-order valence-electron chi connectivity index (χ3n) is 10.6. The molecular weight excluding hydrogens is 569 g/mol. The Hall–Kier alpha value is -0.0800. The van der Waals surface area contributed by atoms with E-state index in [4.69, 9.17) is 0 Å². The van der Waals surface area contributed by atoms with Gasteiger partial charge in [-0.05, 0) is 83.2 Å². The molecule has 0 amide bonds. The minimum Gasteiger partial charge on any atom is -0.303 e. The van der Waals surface area contributed by atoms with Gasteiger partial charge in [0.05, 0.1) is 0 Å². The minimum atomic E-state index is 0.489. The highest BCUT2D eigenvalue weighted by atomic mass is 15.1. The van der Waals surface area contributed by atoms with E-state index in [0.29, 0.717) is 5.41 Å². The summed E-state index contributed by atoms with van der Waals surface area (Å²) in [6.45, 7) is 22.2. The number of unbranched alkanes of at least 4 members (excludes halogenated alkanes) is 26. The van der Waals surface area contributed by atoms with Crippen LogP contribution in [0, 0.1) is 5.41 Å². The standard InChI is InChI=1S/C45H94N2/c1-7-10-13-16-19-22-25-28-33-39-46(40-34-29-26-23-20-17-14-11-8-2)43-37-44-47(42-36-31-32-38-45(4,5)6)41-35-30-27-24-21-18-15-12-9-3/h7-44H2,1-6H3. The third-order valence-corrected chi connectivity index (χ3v) is 10.6. The Bertz CT molecular complexity index is 545. The molecule has 2 nitrogen and oxygen atoms in total. The molecule has 0 aliphatic rings. The van der Waals surface area contributed by atoms with Crippen LogP contribution >= 0.6 is 0 Å². The Kier molecular flexibility index (Phi) is 37.1. The van der Waals surface area contributed by atoms with Gasteiger partial charge < -0.3 is 9.80 Å². The van der Waals surface area contributed by atoms with Crippen molar-refractivity contribution in [1.29, 1.82) is 0 Å². The van der Waals surface area contributed by atoms with Crippen molar-refractivity contribution in [3.05, 3.63) is 0 Å². The van der Waals surface area contributed by atoms with E-state index in [0.717, 1.165) is 0 Å². The molecule has 0 rings (SSSR count). The molecule has 0 N–H and O–H groups in total. The van der Waals surface area contributed by atoms with Gasteiger partial charge in [0.2, 0.25) is 0 Å². The second-order valence-corrected chi connectivity index (χ2v) is 16.9. The zero-order chi connectivity index (χ0) is 34.5. The third kappa shape index (κ3) is 38.6. The van der Waals surface area contributed by atoms with Crippen LogP contribution < -0.4 is 0 Å². The van der Waals surface area contributed by atoms with Gasteiger partial charge in [-0.3, -0.25) is 0 Å². The van der Waals surface area contributed by atoms with Gasteiger partial charge in [-0.25, -0.2) is 0 Å². The Balaban J connectivity index is 4.61. The van der Waals surface area contributed by atoms with Crippen molar-refractivity contribution in [2.45, 2.75) is 247 Å². The van der Waals surface area contributed by atoms with Crippen LogP contribution in [0.3, 0.4) is 0 Å². The zero-order valence-electron chi connectivity index (χ0n) is 34.3. The van der Waals surface area contributed by atoms with E-state index in [1.165, 1.54) is 245 Å². The van der Waals surface area contributed by atoms with Crippen LogP contribution in [0.15, 0.2) is 0 Å². The Morgan fingerprint density at radius 1 is 0.255 bits per heavy atom. The van der Waals surface area contributed by atoms with Crippen LogP contribution in [0.1, 0.15) is 247 Å². The maximum Gasteiger partial charge on any atom is -0.000655 e. The smallest absolute Gasteiger partial charge is 0.000655 e. The molecule has 0 heterocycles. The van der Waals surface area contributed by atoms with Crippen LogP contribution in [-0.4, -0.2) is 49.1 Å². The first-order chi connectivity index (χ1) is 22.9. The van der Waals surface area contributed by atoms with Gasteiger partial charge in [0.1, 0.15) is 0 Å². The minimum absolute atomic E-state index is 0.489. The lowest BCUT2D eigenvalue weighted by molar-refractivity contribution is 0.214. The predicted octanol–water partition coefficient (Wildman–Crippen LogP) is 15.2. The second kappa shape index (κ2) is 37.2. The number of rotatable bonds is 39. The fraction of sp³-hybridized carbons (Fsp3) is 1.00. The van der Waals surface area contributed by atoms with E-state index in [2.05, 4.69) is 51.3 Å². The molecule has 0 saturated heterocycles. The summed E-state index contributed by atoms with van der Waals surface area (Å²) >= 11 is 0. The van der Waals surface area contributed by atoms with Gasteiger partial charge in [0.15, 0.2) is 0 Å². The van der Waals surface area contributed by atoms with Gasteiger partial charge in [-0.1, -0.05) is 208 Å². The molecule has 284 valence electrons. The molecule has 47 heavy (non-hydrogen) atoms. The average Bonchev–Trinajstić information content (AvgIpc) is 3.04. The summed E-state index contributed by atoms with van der Waals surface area (Å²) in [5.74, 6) is 0. The van der Waals surface area contributed by atoms with E-state index in [1.807, 2.05) is 0 Å². The Morgan fingerprint density at radius 3 is 0.723 bits per heavy atom. The van der Waals surface area contributed by atoms with Crippen molar-refractivity contribution in [2.24, 2.45) is 5.41 Å². The Morgan fingerprint density at radius 2 is 0.468 bits per heavy atom. The summed E-state index contributed by atoms with van der Waals surface area (Å²) in [4.78, 5) is 5.75. The molecule has 0 aliphatic carbocycles. The van der Waals surface area contributed by atoms with E-state index in [-0.39, 0.29) is 0 Å². The van der Waals surface area contributed by atoms with Gasteiger partial charge in [-0.15, -0.1) is 0 Å². The summed E-state index contributed by atoms with van der Waals surface area (Å²) < 4.78 is 0. The summed E-state index contributed by atoms with van der Waals surface area (Å²) in [7, 11) is 0. The highest BCUT2D eigenvalue weighted by molar-refractivity contribution is 4.66. The molecule has 0 radical (unpaired) electrons. The van der Waals surface area contributed by atoms with E-state index in [9.17, 15) is 0 Å². The summed E-state index contributed by atoms with van der Waals surface area (Å²) in [5.41, 5.74) is 0.489. The molecule has 2 heteroatoms. The second-order valence-electron chi connectivity index (χ2n) is 16.9. The quantitative estimate of drug-likeness (QED) is 0.0604. The Labute approximate surface area is 300 Å². The molecule has 0 atom stereocenters. The highest BCUT2D eigenvalue weighted by Gasteiger charge is 2.11. The van der Waals surface area contributed by atoms with Crippen molar-refractivity contribution in [3.63, 3.8) is 0 Å². The molecule has 0 aliphatic heterocycles. The van der Waals surface area contributed by atoms with E-state index >= 15 is 0 Å². The van der Waals surface area contributed by atoms with Crippen LogP contribution in [0.2, 0.25) is 0 Å². The molecular formula is C45H94N2. The van der Waals surface area contributed by atoms with Crippen molar-refractivity contribution in [2.75, 3.05) is 39.3 Å². The molecule has 0 saturated carbocycles. The van der Waals surface area contributed by atoms with Crippen LogP contribution in [0.5, 0.6) is 0 Å². The summed E-state index contributed by atoms with van der Waals surface area (Å²) in [6, 6.07) is 0. The number of hydrogen-bond acceptors (Lipinski definition) is 2. The molecule has 0 bridgehead atoms. The summed E-state index contributed by atoms with van der Waals surface area (Å²) in [6.07, 6.45) is 45.8. The van der Waals surface area contributed by atoms with Gasteiger partial charge in [0.25, 0.3) is 0 Å². The highest BCUT2D eigenvalue weighted by Crippen LogP contribution is 2.22. The van der Waals surface area contributed by atoms with Gasteiger partial charge in [0, 0.05) is 0 Å². The molecule has 0 unspecified atom stereocenters. The molecule has 0 aromatic heterocycles. The average molecular weight is 663 g/mol. The fourth-order valence-corrected chi connectivity index (χ4v) is 7.29. The number of hydrogen-bond donors (Lipinski definition) is 0. The SMILES string of the molecule is CCCCCCCCCCCN(CCCCCCCCCCC)CCCN(CCCCCCCCCCC)CCCCCC(C)(C)C. The zero-order valence-corrected chi connectivity index (χ0v) is 34.3. The lowest BCUT2D eigenvalue weighted by Crippen LogP contribution is -2.32.